The summed E-state index contributed by atoms with van der Waals surface area (Å²) in [5.74, 6) is 1.69. The van der Waals surface area contributed by atoms with Crippen molar-refractivity contribution in [3.05, 3.63) is 52.5 Å². The van der Waals surface area contributed by atoms with Gasteiger partial charge in [0.25, 0.3) is 0 Å². The van der Waals surface area contributed by atoms with Gasteiger partial charge in [-0.3, -0.25) is 4.90 Å². The van der Waals surface area contributed by atoms with Gasteiger partial charge in [-0.05, 0) is 61.6 Å². The van der Waals surface area contributed by atoms with Gasteiger partial charge in [0, 0.05) is 22.1 Å². The molecule has 2 atom stereocenters. The van der Waals surface area contributed by atoms with Gasteiger partial charge in [-0.15, -0.1) is 0 Å². The largest absolute Gasteiger partial charge is 0.497 e. The fraction of sp³-hybridized carbons (Fsp3) is 0.278. The Morgan fingerprint density at radius 2 is 2.04 bits per heavy atom. The number of benzene rings is 2. The van der Waals surface area contributed by atoms with E-state index in [1.165, 1.54) is 0 Å². The molecule has 2 aliphatic heterocycles. The second-order valence-electron chi connectivity index (χ2n) is 6.20. The van der Waals surface area contributed by atoms with Gasteiger partial charge in [0.1, 0.15) is 11.5 Å². The molecule has 2 unspecified atom stereocenters. The van der Waals surface area contributed by atoms with E-state index in [1.807, 2.05) is 42.5 Å². The van der Waals surface area contributed by atoms with Crippen LogP contribution in [0, 0.1) is 0 Å². The van der Waals surface area contributed by atoms with Gasteiger partial charge in [0.2, 0.25) is 0 Å². The van der Waals surface area contributed by atoms with Gasteiger partial charge >= 0.3 is 0 Å². The zero-order valence-electron chi connectivity index (χ0n) is 13.4. The molecule has 124 valence electrons. The fourth-order valence-corrected chi connectivity index (χ4v) is 4.17. The molecule has 0 aliphatic carbocycles. The third kappa shape index (κ3) is 2.45. The van der Waals surface area contributed by atoms with E-state index in [-0.39, 0.29) is 6.04 Å². The lowest BCUT2D eigenvalue weighted by Crippen LogP contribution is -2.65. The molecular formula is C18H17BrN2O2S. The number of thiocarbonyl (C=S) groups is 1. The number of fused-ring (bicyclic) bond motifs is 4. The van der Waals surface area contributed by atoms with Gasteiger partial charge in [0.05, 0.1) is 13.2 Å². The Balaban J connectivity index is 1.77. The maximum Gasteiger partial charge on any atom is 0.188 e. The van der Waals surface area contributed by atoms with Crippen molar-refractivity contribution in [2.45, 2.75) is 25.1 Å². The number of anilines is 1. The monoisotopic (exact) mass is 404 g/mol. The average molecular weight is 405 g/mol. The van der Waals surface area contributed by atoms with Crippen molar-refractivity contribution >= 4 is 38.9 Å². The van der Waals surface area contributed by atoms with Crippen LogP contribution < -0.4 is 19.7 Å². The number of halogens is 1. The molecule has 2 bridgehead atoms. The molecule has 2 aromatic carbocycles. The molecule has 4 rings (SSSR count). The van der Waals surface area contributed by atoms with Crippen LogP contribution in [-0.4, -0.2) is 17.9 Å². The highest BCUT2D eigenvalue weighted by molar-refractivity contribution is 9.10. The number of ether oxygens (including phenoxy) is 2. The molecule has 24 heavy (non-hydrogen) atoms. The van der Waals surface area contributed by atoms with E-state index in [2.05, 4.69) is 33.1 Å². The Kier molecular flexibility index (Phi) is 3.69. The normalized spacial score (nSPS) is 24.7. The predicted molar refractivity (Wildman–Crippen MR) is 102 cm³/mol. The molecule has 2 aromatic rings. The Morgan fingerprint density at radius 3 is 2.75 bits per heavy atom. The quantitative estimate of drug-likeness (QED) is 0.750. The zero-order valence-corrected chi connectivity index (χ0v) is 15.8. The first-order valence-corrected chi connectivity index (χ1v) is 8.93. The minimum atomic E-state index is -0.525. The second kappa shape index (κ2) is 5.63. The summed E-state index contributed by atoms with van der Waals surface area (Å²) in [6.45, 7) is 2.09. The van der Waals surface area contributed by atoms with Crippen LogP contribution in [0.5, 0.6) is 11.5 Å². The number of rotatable bonds is 2. The fourth-order valence-electron chi connectivity index (χ4n) is 3.46. The number of methoxy groups -OCH3 is 1. The van der Waals surface area contributed by atoms with Crippen molar-refractivity contribution in [3.63, 3.8) is 0 Å². The first kappa shape index (κ1) is 15.7. The summed E-state index contributed by atoms with van der Waals surface area (Å²) in [6, 6.07) is 14.1. The Hall–Kier alpha value is -1.79. The van der Waals surface area contributed by atoms with Gasteiger partial charge in [0.15, 0.2) is 10.8 Å². The molecule has 4 nitrogen and oxygen atoms in total. The first-order valence-electron chi connectivity index (χ1n) is 7.73. The summed E-state index contributed by atoms with van der Waals surface area (Å²) in [6.07, 6.45) is 0.795. The van der Waals surface area contributed by atoms with E-state index < -0.39 is 5.72 Å². The first-order chi connectivity index (χ1) is 11.5. The van der Waals surface area contributed by atoms with Crippen molar-refractivity contribution in [3.8, 4) is 11.5 Å². The van der Waals surface area contributed by atoms with Crippen molar-refractivity contribution in [2.75, 3.05) is 12.0 Å². The molecule has 1 N–H and O–H groups in total. The molecule has 1 saturated heterocycles. The third-order valence-electron chi connectivity index (χ3n) is 4.56. The zero-order chi connectivity index (χ0) is 16.9. The smallest absolute Gasteiger partial charge is 0.188 e. The summed E-state index contributed by atoms with van der Waals surface area (Å²) in [4.78, 5) is 2.05. The number of hydrogen-bond acceptors (Lipinski definition) is 3. The number of hydrogen-bond donors (Lipinski definition) is 1. The van der Waals surface area contributed by atoms with Crippen LogP contribution in [0.25, 0.3) is 0 Å². The van der Waals surface area contributed by atoms with Crippen LogP contribution in [0.1, 0.15) is 24.9 Å². The summed E-state index contributed by atoms with van der Waals surface area (Å²) < 4.78 is 12.8. The molecule has 2 heterocycles. The summed E-state index contributed by atoms with van der Waals surface area (Å²) in [5, 5.41) is 4.12. The SMILES string of the molecule is COc1ccc2c(c1)C1CC(C)(O2)N(c2ccc(Br)cc2)C(=S)N1. The standard InChI is InChI=1S/C18H17BrN2O2S/c1-18-10-15(14-9-13(22-2)7-8-16(14)23-18)20-17(24)21(18)12-5-3-11(19)4-6-12/h3-9,15H,10H2,1-2H3,(H,20,24). The van der Waals surface area contributed by atoms with Gasteiger partial charge < -0.3 is 14.8 Å². The molecule has 6 heteroatoms. The average Bonchev–Trinajstić information content (AvgIpc) is 2.55. The topological polar surface area (TPSA) is 33.7 Å². The van der Waals surface area contributed by atoms with E-state index in [9.17, 15) is 0 Å². The second-order valence-corrected chi connectivity index (χ2v) is 7.50. The van der Waals surface area contributed by atoms with Crippen molar-refractivity contribution in [2.24, 2.45) is 0 Å². The maximum atomic E-state index is 6.39. The lowest BCUT2D eigenvalue weighted by molar-refractivity contribution is 0.0496. The van der Waals surface area contributed by atoms with Gasteiger partial charge in [-0.25, -0.2) is 0 Å². The number of nitrogens with zero attached hydrogens (tertiary/aromatic N) is 1. The minimum Gasteiger partial charge on any atom is -0.497 e. The van der Waals surface area contributed by atoms with E-state index in [4.69, 9.17) is 21.7 Å². The molecule has 1 fully saturated rings. The Labute approximate surface area is 154 Å². The van der Waals surface area contributed by atoms with Gasteiger partial charge in [-0.1, -0.05) is 15.9 Å². The molecule has 0 saturated carbocycles. The van der Waals surface area contributed by atoms with Crippen molar-refractivity contribution in [1.29, 1.82) is 0 Å². The van der Waals surface area contributed by atoms with Crippen molar-refractivity contribution < 1.29 is 9.47 Å². The summed E-state index contributed by atoms with van der Waals surface area (Å²) in [7, 11) is 1.67. The van der Waals surface area contributed by atoms with E-state index in [0.29, 0.717) is 5.11 Å². The van der Waals surface area contributed by atoms with Crippen LogP contribution >= 0.6 is 28.1 Å². The van der Waals surface area contributed by atoms with Crippen LogP contribution in [0.3, 0.4) is 0 Å². The molecule has 0 aromatic heterocycles. The molecule has 0 spiro atoms. The van der Waals surface area contributed by atoms with E-state index in [0.717, 1.165) is 33.6 Å². The van der Waals surface area contributed by atoms with E-state index >= 15 is 0 Å². The minimum absolute atomic E-state index is 0.119. The van der Waals surface area contributed by atoms with Crippen molar-refractivity contribution in [1.82, 2.24) is 5.32 Å². The summed E-state index contributed by atoms with van der Waals surface area (Å²) >= 11 is 9.13. The molecule has 0 radical (unpaired) electrons. The molecule has 2 aliphatic rings. The highest BCUT2D eigenvalue weighted by atomic mass is 79.9. The lowest BCUT2D eigenvalue weighted by Gasteiger charge is -2.52. The lowest BCUT2D eigenvalue weighted by atomic mass is 9.90. The van der Waals surface area contributed by atoms with Gasteiger partial charge in [-0.2, -0.15) is 0 Å². The van der Waals surface area contributed by atoms with Crippen LogP contribution in [-0.2, 0) is 0 Å². The predicted octanol–water partition coefficient (Wildman–Crippen LogP) is 4.39. The Bertz CT molecular complexity index is 811. The number of nitrogens with one attached hydrogen (secondary N) is 1. The van der Waals surface area contributed by atoms with Crippen LogP contribution in [0.2, 0.25) is 0 Å². The third-order valence-corrected chi connectivity index (χ3v) is 5.39. The maximum absolute atomic E-state index is 6.39. The van der Waals surface area contributed by atoms with E-state index in [1.54, 1.807) is 7.11 Å². The molecular weight excluding hydrogens is 388 g/mol. The highest BCUT2D eigenvalue weighted by Crippen LogP contribution is 2.46. The summed E-state index contributed by atoms with van der Waals surface area (Å²) in [5.41, 5.74) is 1.57. The molecule has 0 amide bonds. The highest BCUT2D eigenvalue weighted by Gasteiger charge is 2.48. The van der Waals surface area contributed by atoms with Crippen LogP contribution in [0.15, 0.2) is 46.9 Å². The Morgan fingerprint density at radius 1 is 1.29 bits per heavy atom. The van der Waals surface area contributed by atoms with Crippen LogP contribution in [0.4, 0.5) is 5.69 Å².